The maximum Gasteiger partial charge on any atom is 0.306 e. The number of aliphatic carboxylic acids is 1. The van der Waals surface area contributed by atoms with Crippen LogP contribution < -0.4 is 5.73 Å². The fourth-order valence-electron chi connectivity index (χ4n) is 3.87. The van der Waals surface area contributed by atoms with Crippen LogP contribution in [0.15, 0.2) is 0 Å². The number of carboxylic acid groups (broad SMARTS) is 1. The molecule has 5 atom stereocenters. The monoisotopic (exact) mass is 270 g/mol. The van der Waals surface area contributed by atoms with Crippen molar-refractivity contribution in [2.24, 2.45) is 29.4 Å². The Bertz CT molecular complexity index is 290. The number of nitrogens with two attached hydrogens (primary N) is 1. The smallest absolute Gasteiger partial charge is 0.306 e. The van der Waals surface area contributed by atoms with Crippen LogP contribution in [0, 0.1) is 23.7 Å². The van der Waals surface area contributed by atoms with Crippen molar-refractivity contribution in [1.82, 2.24) is 0 Å². The number of carboxylic acids is 1. The van der Waals surface area contributed by atoms with E-state index in [1.807, 2.05) is 0 Å². The topological polar surface area (TPSA) is 104 Å². The van der Waals surface area contributed by atoms with Crippen molar-refractivity contribution in [3.05, 3.63) is 0 Å². The van der Waals surface area contributed by atoms with Gasteiger partial charge in [-0.15, -0.1) is 0 Å². The quantitative estimate of drug-likeness (QED) is 0.429. The molecule has 2 fully saturated rings. The van der Waals surface area contributed by atoms with Gasteiger partial charge in [-0.1, -0.05) is 12.7 Å². The maximum atomic E-state index is 11.2. The first-order valence-corrected chi connectivity index (χ1v) is 7.08. The number of hydrogen-bond donors (Lipinski definition) is 4. The van der Waals surface area contributed by atoms with Gasteiger partial charge >= 0.3 is 5.97 Å². The molecular formula is C13H25BNO4. The predicted octanol–water partition coefficient (Wildman–Crippen LogP) is 0.479. The van der Waals surface area contributed by atoms with Crippen molar-refractivity contribution in [2.45, 2.75) is 44.5 Å². The van der Waals surface area contributed by atoms with E-state index in [-0.39, 0.29) is 17.9 Å². The summed E-state index contributed by atoms with van der Waals surface area (Å²) in [6.07, 6.45) is 4.35. The number of fused-ring (bicyclic) bond motifs is 1. The Labute approximate surface area is 115 Å². The standard InChI is InChI=1S/C12H20BO4.CH5N/c14-8-4-7-5-11(12(15)16)9(10(7)6-8)2-1-3-13-17;1-2/h7-11,14,17H,1-6H2,(H,15,16);2H2,1H3. The summed E-state index contributed by atoms with van der Waals surface area (Å²) in [6.45, 7) is 0. The molecule has 0 aromatic rings. The Morgan fingerprint density at radius 3 is 2.58 bits per heavy atom. The van der Waals surface area contributed by atoms with Gasteiger partial charge in [0.25, 0.3) is 7.48 Å². The highest BCUT2D eigenvalue weighted by atomic mass is 16.4. The van der Waals surface area contributed by atoms with Crippen LogP contribution in [0.25, 0.3) is 0 Å². The van der Waals surface area contributed by atoms with Gasteiger partial charge in [0.15, 0.2) is 0 Å². The van der Waals surface area contributed by atoms with Crippen molar-refractivity contribution in [2.75, 3.05) is 7.05 Å². The molecule has 1 radical (unpaired) electrons. The summed E-state index contributed by atoms with van der Waals surface area (Å²) in [6, 6.07) is 0. The number of carbonyl (C=O) groups is 1. The molecule has 0 aliphatic heterocycles. The van der Waals surface area contributed by atoms with E-state index >= 15 is 0 Å². The fourth-order valence-corrected chi connectivity index (χ4v) is 3.87. The van der Waals surface area contributed by atoms with Crippen LogP contribution in [0.4, 0.5) is 0 Å². The molecule has 5 nitrogen and oxygen atoms in total. The summed E-state index contributed by atoms with van der Waals surface area (Å²) in [5.41, 5.74) is 4.50. The third-order valence-corrected chi connectivity index (χ3v) is 4.54. The van der Waals surface area contributed by atoms with E-state index in [0.29, 0.717) is 18.2 Å². The first-order valence-electron chi connectivity index (χ1n) is 7.08. The van der Waals surface area contributed by atoms with Crippen molar-refractivity contribution in [1.29, 1.82) is 0 Å². The molecule has 2 saturated carbocycles. The van der Waals surface area contributed by atoms with Crippen LogP contribution in [-0.4, -0.2) is 41.8 Å². The minimum absolute atomic E-state index is 0.189. The van der Waals surface area contributed by atoms with E-state index in [0.717, 1.165) is 39.6 Å². The van der Waals surface area contributed by atoms with Crippen molar-refractivity contribution >= 4 is 13.5 Å². The highest BCUT2D eigenvalue weighted by Gasteiger charge is 2.49. The molecule has 0 aromatic heterocycles. The molecule has 0 heterocycles. The lowest BCUT2D eigenvalue weighted by molar-refractivity contribution is -0.143. The molecular weight excluding hydrogens is 245 g/mol. The second-order valence-electron chi connectivity index (χ2n) is 5.51. The first-order chi connectivity index (χ1) is 9.13. The molecule has 0 spiro atoms. The Balaban J connectivity index is 0.000000861. The van der Waals surface area contributed by atoms with E-state index in [2.05, 4.69) is 5.73 Å². The Hall–Kier alpha value is -0.585. The van der Waals surface area contributed by atoms with Gasteiger partial charge < -0.3 is 21.0 Å². The SMILES string of the molecule is CN.O=C(O)C1CC2CC(O)CC2C1CCC[B]O. The molecule has 19 heavy (non-hydrogen) atoms. The fraction of sp³-hybridized carbons (Fsp3) is 0.923. The van der Waals surface area contributed by atoms with Crippen LogP contribution in [0.1, 0.15) is 32.1 Å². The van der Waals surface area contributed by atoms with Crippen LogP contribution in [0.5, 0.6) is 0 Å². The molecule has 0 bridgehead atoms. The van der Waals surface area contributed by atoms with E-state index in [1.54, 1.807) is 0 Å². The molecule has 109 valence electrons. The van der Waals surface area contributed by atoms with Gasteiger partial charge in [-0.05, 0) is 50.5 Å². The van der Waals surface area contributed by atoms with E-state index < -0.39 is 5.97 Å². The second kappa shape index (κ2) is 7.87. The summed E-state index contributed by atoms with van der Waals surface area (Å²) in [4.78, 5) is 11.2. The molecule has 5 N–H and O–H groups in total. The molecule has 2 rings (SSSR count). The summed E-state index contributed by atoms with van der Waals surface area (Å²) < 4.78 is 0. The summed E-state index contributed by atoms with van der Waals surface area (Å²) in [5.74, 6) is 0.0386. The minimum atomic E-state index is -0.688. The average molecular weight is 270 g/mol. The number of aliphatic hydroxyl groups is 1. The summed E-state index contributed by atoms with van der Waals surface area (Å²) in [5, 5.41) is 27.6. The van der Waals surface area contributed by atoms with E-state index in [1.165, 1.54) is 7.05 Å². The Morgan fingerprint density at radius 2 is 2.00 bits per heavy atom. The summed E-state index contributed by atoms with van der Waals surface area (Å²) >= 11 is 0. The maximum absolute atomic E-state index is 11.2. The van der Waals surface area contributed by atoms with Gasteiger partial charge in [0.2, 0.25) is 0 Å². The van der Waals surface area contributed by atoms with Crippen LogP contribution in [0.2, 0.25) is 6.32 Å². The van der Waals surface area contributed by atoms with Gasteiger partial charge in [-0.25, -0.2) is 0 Å². The lowest BCUT2D eigenvalue weighted by Crippen LogP contribution is -2.23. The zero-order valence-corrected chi connectivity index (χ0v) is 11.5. The molecule has 5 unspecified atom stereocenters. The highest BCUT2D eigenvalue weighted by Crippen LogP contribution is 2.52. The molecule has 2 aliphatic rings. The van der Waals surface area contributed by atoms with Gasteiger partial charge in [0, 0.05) is 0 Å². The Morgan fingerprint density at radius 1 is 1.32 bits per heavy atom. The van der Waals surface area contributed by atoms with Gasteiger partial charge in [-0.3, -0.25) is 4.79 Å². The van der Waals surface area contributed by atoms with Gasteiger partial charge in [0.05, 0.1) is 12.0 Å². The molecule has 2 aliphatic carbocycles. The molecule has 0 aromatic carbocycles. The zero-order chi connectivity index (χ0) is 14.4. The average Bonchev–Trinajstić information content (AvgIpc) is 2.89. The van der Waals surface area contributed by atoms with Crippen molar-refractivity contribution in [3.63, 3.8) is 0 Å². The van der Waals surface area contributed by atoms with Gasteiger partial charge in [0.1, 0.15) is 0 Å². The highest BCUT2D eigenvalue weighted by molar-refractivity contribution is 6.25. The first kappa shape index (κ1) is 16.5. The van der Waals surface area contributed by atoms with Crippen LogP contribution in [-0.2, 0) is 4.79 Å². The molecule has 0 amide bonds. The largest absolute Gasteiger partial charge is 0.481 e. The molecule has 6 heteroatoms. The Kier molecular flexibility index (Phi) is 6.82. The number of hydrogen-bond acceptors (Lipinski definition) is 4. The van der Waals surface area contributed by atoms with E-state index in [9.17, 15) is 15.0 Å². The van der Waals surface area contributed by atoms with Crippen LogP contribution >= 0.6 is 0 Å². The number of aliphatic hydroxyl groups excluding tert-OH is 1. The second-order valence-corrected chi connectivity index (χ2v) is 5.51. The molecule has 0 saturated heterocycles. The number of rotatable bonds is 5. The van der Waals surface area contributed by atoms with E-state index in [4.69, 9.17) is 5.02 Å². The lowest BCUT2D eigenvalue weighted by Gasteiger charge is -2.21. The van der Waals surface area contributed by atoms with Crippen molar-refractivity contribution in [3.8, 4) is 0 Å². The van der Waals surface area contributed by atoms with Gasteiger partial charge in [-0.2, -0.15) is 0 Å². The minimum Gasteiger partial charge on any atom is -0.481 e. The third kappa shape index (κ3) is 3.94. The zero-order valence-electron chi connectivity index (χ0n) is 11.5. The predicted molar refractivity (Wildman–Crippen MR) is 73.6 cm³/mol. The summed E-state index contributed by atoms with van der Waals surface area (Å²) in [7, 11) is 2.64. The van der Waals surface area contributed by atoms with Crippen molar-refractivity contribution < 1.29 is 20.0 Å². The third-order valence-electron chi connectivity index (χ3n) is 4.54. The van der Waals surface area contributed by atoms with Crippen LogP contribution in [0.3, 0.4) is 0 Å². The normalized spacial score (nSPS) is 36.3. The lowest BCUT2D eigenvalue weighted by atomic mass is 9.81.